The zero-order valence-electron chi connectivity index (χ0n) is 17.1. The summed E-state index contributed by atoms with van der Waals surface area (Å²) in [5.41, 5.74) is 0.747. The Kier molecular flexibility index (Phi) is 5.64. The number of hydrazone groups is 1. The SMILES string of the molecule is CC(=O)NC[C@H]1CN(c2ccc(N3C=NN(Cc4nnnn4C)CC3)c(F)c2)C(=O)O1. The Morgan fingerprint density at radius 2 is 2.19 bits per heavy atom. The lowest BCUT2D eigenvalue weighted by atomic mass is 10.2. The first-order chi connectivity index (χ1) is 14.9. The average Bonchev–Trinajstić information content (AvgIpc) is 3.32. The number of aryl methyl sites for hydroxylation is 1. The fourth-order valence-electron chi connectivity index (χ4n) is 3.31. The predicted octanol–water partition coefficient (Wildman–Crippen LogP) is 0.0760. The molecule has 1 atom stereocenters. The van der Waals surface area contributed by atoms with Gasteiger partial charge in [0.05, 0.1) is 37.6 Å². The molecule has 31 heavy (non-hydrogen) atoms. The number of nitrogens with zero attached hydrogens (tertiary/aromatic N) is 8. The first kappa shape index (κ1) is 20.5. The van der Waals surface area contributed by atoms with Crippen molar-refractivity contribution < 1.29 is 18.7 Å². The molecule has 2 aliphatic rings. The van der Waals surface area contributed by atoms with Gasteiger partial charge in [0.25, 0.3) is 0 Å². The highest BCUT2D eigenvalue weighted by atomic mass is 19.1. The highest BCUT2D eigenvalue weighted by Crippen LogP contribution is 2.28. The first-order valence-electron chi connectivity index (χ1n) is 9.70. The standard InChI is InChI=1S/C18H22FN9O3/c1-12(29)20-8-14-9-28(18(30)31-14)13-3-4-16(15(19)7-13)26-5-6-27(21-11-26)10-17-22-23-24-25(17)2/h3-4,7,11,14H,5-6,8-10H2,1-2H3,(H,20,29)/t14-/m0/s1. The molecule has 0 bridgehead atoms. The molecule has 2 aliphatic heterocycles. The van der Waals surface area contributed by atoms with Gasteiger partial charge in [0, 0.05) is 20.5 Å². The maximum atomic E-state index is 14.8. The van der Waals surface area contributed by atoms with E-state index in [1.54, 1.807) is 40.1 Å². The summed E-state index contributed by atoms with van der Waals surface area (Å²) in [6.45, 7) is 3.37. The fraction of sp³-hybridized carbons (Fsp3) is 0.444. The van der Waals surface area contributed by atoms with Crippen LogP contribution >= 0.6 is 0 Å². The Bertz CT molecular complexity index is 1010. The van der Waals surface area contributed by atoms with Gasteiger partial charge in [-0.05, 0) is 28.6 Å². The van der Waals surface area contributed by atoms with Crippen LogP contribution < -0.4 is 15.1 Å². The first-order valence-corrected chi connectivity index (χ1v) is 9.70. The minimum atomic E-state index is -0.573. The van der Waals surface area contributed by atoms with Crippen molar-refractivity contribution in [2.45, 2.75) is 19.6 Å². The maximum Gasteiger partial charge on any atom is 0.414 e. The third kappa shape index (κ3) is 4.54. The normalized spacial score (nSPS) is 18.5. The molecule has 12 nitrogen and oxygen atoms in total. The molecule has 0 saturated carbocycles. The van der Waals surface area contributed by atoms with E-state index in [0.29, 0.717) is 36.8 Å². The van der Waals surface area contributed by atoms with E-state index in [9.17, 15) is 14.0 Å². The number of hydrogen-bond acceptors (Lipinski definition) is 9. The van der Waals surface area contributed by atoms with Crippen molar-refractivity contribution in [3.63, 3.8) is 0 Å². The molecule has 1 N–H and O–H groups in total. The number of carbonyl (C=O) groups excluding carboxylic acids is 2. The number of halogens is 1. The number of tetrazole rings is 1. The van der Waals surface area contributed by atoms with Crippen LogP contribution in [-0.2, 0) is 23.1 Å². The van der Waals surface area contributed by atoms with E-state index in [1.165, 1.54) is 17.9 Å². The van der Waals surface area contributed by atoms with E-state index < -0.39 is 18.0 Å². The smallest absolute Gasteiger partial charge is 0.414 e. The number of amides is 2. The van der Waals surface area contributed by atoms with Gasteiger partial charge in [-0.1, -0.05) is 0 Å². The number of anilines is 2. The fourth-order valence-corrected chi connectivity index (χ4v) is 3.31. The molecule has 1 aromatic carbocycles. The van der Waals surface area contributed by atoms with Crippen molar-refractivity contribution in [1.29, 1.82) is 0 Å². The lowest BCUT2D eigenvalue weighted by Gasteiger charge is -2.30. The van der Waals surface area contributed by atoms with Gasteiger partial charge in [-0.2, -0.15) is 5.10 Å². The molecule has 0 aliphatic carbocycles. The Morgan fingerprint density at radius 1 is 1.35 bits per heavy atom. The zero-order chi connectivity index (χ0) is 22.0. The predicted molar refractivity (Wildman–Crippen MR) is 108 cm³/mol. The monoisotopic (exact) mass is 431 g/mol. The third-order valence-electron chi connectivity index (χ3n) is 4.99. The summed E-state index contributed by atoms with van der Waals surface area (Å²) < 4.78 is 21.6. The average molecular weight is 431 g/mol. The molecule has 1 fully saturated rings. The number of hydrogen-bond donors (Lipinski definition) is 1. The Balaban J connectivity index is 1.40. The molecule has 13 heteroatoms. The topological polar surface area (TPSA) is 121 Å². The second kappa shape index (κ2) is 8.53. The maximum absolute atomic E-state index is 14.8. The van der Waals surface area contributed by atoms with E-state index in [0.717, 1.165) is 0 Å². The highest BCUT2D eigenvalue weighted by molar-refractivity contribution is 5.90. The van der Waals surface area contributed by atoms with Gasteiger partial charge in [-0.15, -0.1) is 5.10 Å². The minimum Gasteiger partial charge on any atom is -0.442 e. The summed E-state index contributed by atoms with van der Waals surface area (Å²) in [4.78, 5) is 26.2. The number of benzene rings is 1. The number of rotatable bonds is 6. The number of cyclic esters (lactones) is 1. The Labute approximate surface area is 177 Å². The third-order valence-corrected chi connectivity index (χ3v) is 4.99. The molecular formula is C18H22FN9O3. The molecule has 164 valence electrons. The van der Waals surface area contributed by atoms with Crippen LogP contribution in [0.1, 0.15) is 12.7 Å². The Hall–Kier alpha value is -3.77. The number of carbonyl (C=O) groups is 2. The van der Waals surface area contributed by atoms with E-state index in [-0.39, 0.29) is 19.0 Å². The van der Waals surface area contributed by atoms with Crippen LogP contribution in [0.5, 0.6) is 0 Å². The summed E-state index contributed by atoms with van der Waals surface area (Å²) in [7, 11) is 1.75. The minimum absolute atomic E-state index is 0.208. The lowest BCUT2D eigenvalue weighted by Crippen LogP contribution is -2.38. The Morgan fingerprint density at radius 3 is 2.84 bits per heavy atom. The molecule has 1 saturated heterocycles. The van der Waals surface area contributed by atoms with Gasteiger partial charge < -0.3 is 15.0 Å². The molecule has 2 aromatic rings. The van der Waals surface area contributed by atoms with Gasteiger partial charge >= 0.3 is 6.09 Å². The number of ether oxygens (including phenoxy) is 1. The molecule has 0 spiro atoms. The summed E-state index contributed by atoms with van der Waals surface area (Å²) in [6, 6.07) is 4.56. The molecule has 1 aromatic heterocycles. The summed E-state index contributed by atoms with van der Waals surface area (Å²) >= 11 is 0. The van der Waals surface area contributed by atoms with Crippen LogP contribution in [0.25, 0.3) is 0 Å². The van der Waals surface area contributed by atoms with Crippen molar-refractivity contribution >= 4 is 29.7 Å². The quantitative estimate of drug-likeness (QED) is 0.682. The van der Waals surface area contributed by atoms with Crippen LogP contribution in [0.4, 0.5) is 20.6 Å². The van der Waals surface area contributed by atoms with Crippen LogP contribution in [0.15, 0.2) is 23.3 Å². The molecule has 2 amide bonds. The largest absolute Gasteiger partial charge is 0.442 e. The van der Waals surface area contributed by atoms with E-state index in [2.05, 4.69) is 25.9 Å². The van der Waals surface area contributed by atoms with Crippen molar-refractivity contribution in [2.75, 3.05) is 36.0 Å². The van der Waals surface area contributed by atoms with E-state index >= 15 is 0 Å². The van der Waals surface area contributed by atoms with Crippen molar-refractivity contribution in [3.05, 3.63) is 29.8 Å². The molecule has 0 unspecified atom stereocenters. The van der Waals surface area contributed by atoms with Crippen molar-refractivity contribution in [1.82, 2.24) is 30.5 Å². The zero-order valence-corrected chi connectivity index (χ0v) is 17.1. The van der Waals surface area contributed by atoms with Crippen LogP contribution in [0.3, 0.4) is 0 Å². The number of nitrogens with one attached hydrogen (secondary N) is 1. The van der Waals surface area contributed by atoms with Gasteiger partial charge in [-0.3, -0.25) is 14.7 Å². The lowest BCUT2D eigenvalue weighted by molar-refractivity contribution is -0.119. The summed E-state index contributed by atoms with van der Waals surface area (Å²) in [5, 5.41) is 20.1. The second-order valence-electron chi connectivity index (χ2n) is 7.22. The van der Waals surface area contributed by atoms with Crippen molar-refractivity contribution in [2.24, 2.45) is 12.1 Å². The van der Waals surface area contributed by atoms with Crippen molar-refractivity contribution in [3.8, 4) is 0 Å². The van der Waals surface area contributed by atoms with Gasteiger partial charge in [-0.25, -0.2) is 13.9 Å². The van der Waals surface area contributed by atoms with E-state index in [4.69, 9.17) is 4.74 Å². The highest BCUT2D eigenvalue weighted by Gasteiger charge is 2.33. The van der Waals surface area contributed by atoms with E-state index in [1.807, 2.05) is 0 Å². The molecule has 0 radical (unpaired) electrons. The van der Waals surface area contributed by atoms with Crippen LogP contribution in [-0.4, -0.2) is 75.8 Å². The molecule has 4 rings (SSSR count). The van der Waals surface area contributed by atoms with Gasteiger partial charge in [0.15, 0.2) is 5.82 Å². The van der Waals surface area contributed by atoms with Crippen LogP contribution in [0, 0.1) is 5.82 Å². The molecule has 3 heterocycles. The summed E-state index contributed by atoms with van der Waals surface area (Å²) in [6.07, 6.45) is 0.498. The number of aromatic nitrogens is 4. The molecular weight excluding hydrogens is 409 g/mol. The van der Waals surface area contributed by atoms with Gasteiger partial charge in [0.2, 0.25) is 5.91 Å². The second-order valence-corrected chi connectivity index (χ2v) is 7.22. The van der Waals surface area contributed by atoms with Crippen LogP contribution in [0.2, 0.25) is 0 Å². The summed E-state index contributed by atoms with van der Waals surface area (Å²) in [5.74, 6) is -0.0108. The van der Waals surface area contributed by atoms with Gasteiger partial charge in [0.1, 0.15) is 18.3 Å².